The van der Waals surface area contributed by atoms with E-state index in [9.17, 15) is 0 Å². The van der Waals surface area contributed by atoms with Crippen molar-refractivity contribution in [2.45, 2.75) is 54.9 Å². The van der Waals surface area contributed by atoms with Gasteiger partial charge >= 0.3 is 11.6 Å². The van der Waals surface area contributed by atoms with Crippen molar-refractivity contribution in [3.05, 3.63) is 82.4 Å². The average molecular weight is 505 g/mol. The minimum absolute atomic E-state index is 0.838. The second-order valence-electron chi connectivity index (χ2n) is 11.1. The molecule has 3 aromatic carbocycles. The van der Waals surface area contributed by atoms with Gasteiger partial charge in [0, 0.05) is 36.1 Å². The van der Waals surface area contributed by atoms with Crippen LogP contribution < -0.4 is 9.13 Å². The second kappa shape index (κ2) is 7.73. The highest BCUT2D eigenvalue weighted by Crippen LogP contribution is 2.40. The Bertz CT molecular complexity index is 1770. The van der Waals surface area contributed by atoms with Crippen LogP contribution in [0.1, 0.15) is 47.8 Å². The molecule has 2 aromatic heterocycles. The maximum atomic E-state index is 2.52. The SMILES string of the molecule is CC1=[N+](c2c(C)c(C)c([N+]3=C(C)c4n(c5ccccc5[n+]4C)C3)c(C)c2C)Cn2c1[n+](C)c1ccccc12. The van der Waals surface area contributed by atoms with Crippen LogP contribution in [0.5, 0.6) is 0 Å². The number of para-hydroxylation sites is 4. The van der Waals surface area contributed by atoms with Crippen LogP contribution in [0.25, 0.3) is 22.1 Å². The zero-order valence-corrected chi connectivity index (χ0v) is 23.7. The summed E-state index contributed by atoms with van der Waals surface area (Å²) < 4.78 is 14.6. The Kier molecular flexibility index (Phi) is 4.70. The number of nitrogens with zero attached hydrogens (tertiary/aromatic N) is 6. The molecule has 0 aliphatic carbocycles. The number of imidazole rings is 2. The van der Waals surface area contributed by atoms with Crippen molar-refractivity contribution in [1.29, 1.82) is 0 Å². The predicted molar refractivity (Wildman–Crippen MR) is 151 cm³/mol. The molecule has 2 aliphatic heterocycles. The topological polar surface area (TPSA) is 23.6 Å². The zero-order valence-electron chi connectivity index (χ0n) is 23.7. The molecule has 5 aromatic rings. The first kappa shape index (κ1) is 23.1. The lowest BCUT2D eigenvalue weighted by Crippen LogP contribution is -2.34. The minimum Gasteiger partial charge on any atom is -0.220 e. The third kappa shape index (κ3) is 2.72. The molecule has 2 aliphatic rings. The standard InChI is InChI=1S/C32H36N6/c1-19-20(2)30(36-18-38-28-16-12-10-14-26(28)34(8)32(38)24(36)6)22(4)21(3)29(19)35-17-37-27-15-11-9-13-25(27)33(7)31(37)23(35)5/h9-16H,17-18H2,1-8H3/q+4. The largest absolute Gasteiger partial charge is 0.355 e. The molecule has 6 nitrogen and oxygen atoms in total. The van der Waals surface area contributed by atoms with Crippen molar-refractivity contribution in [1.82, 2.24) is 9.13 Å². The van der Waals surface area contributed by atoms with Crippen molar-refractivity contribution in [3.63, 3.8) is 0 Å². The molecule has 0 atom stereocenters. The van der Waals surface area contributed by atoms with E-state index in [1.54, 1.807) is 0 Å². The Morgan fingerprint density at radius 2 is 0.868 bits per heavy atom. The van der Waals surface area contributed by atoms with Gasteiger partial charge in [-0.1, -0.05) is 24.3 Å². The highest BCUT2D eigenvalue weighted by molar-refractivity contribution is 5.96. The van der Waals surface area contributed by atoms with E-state index in [2.05, 4.69) is 132 Å². The van der Waals surface area contributed by atoms with Crippen LogP contribution in [0.4, 0.5) is 11.4 Å². The fourth-order valence-electron chi connectivity index (χ4n) is 7.23. The summed E-state index contributed by atoms with van der Waals surface area (Å²) in [5.41, 5.74) is 15.9. The molecule has 7 rings (SSSR count). The van der Waals surface area contributed by atoms with Gasteiger partial charge in [0.2, 0.25) is 11.4 Å². The first-order valence-electron chi connectivity index (χ1n) is 13.5. The van der Waals surface area contributed by atoms with Crippen molar-refractivity contribution in [3.8, 4) is 0 Å². The molecule has 6 heteroatoms. The fourth-order valence-corrected chi connectivity index (χ4v) is 7.23. The van der Waals surface area contributed by atoms with E-state index in [-0.39, 0.29) is 0 Å². The molecule has 4 heterocycles. The number of rotatable bonds is 2. The molecule has 0 radical (unpaired) electrons. The van der Waals surface area contributed by atoms with E-state index < -0.39 is 0 Å². The molecule has 0 saturated heterocycles. The quantitative estimate of drug-likeness (QED) is 0.311. The second-order valence-corrected chi connectivity index (χ2v) is 11.1. The molecule has 0 fully saturated rings. The molecule has 38 heavy (non-hydrogen) atoms. The Morgan fingerprint density at radius 3 is 1.24 bits per heavy atom. The third-order valence-corrected chi connectivity index (χ3v) is 9.32. The zero-order chi connectivity index (χ0) is 26.6. The molecular weight excluding hydrogens is 468 g/mol. The summed E-state index contributed by atoms with van der Waals surface area (Å²) in [6.45, 7) is 15.4. The van der Waals surface area contributed by atoms with Gasteiger partial charge in [0.15, 0.2) is 22.1 Å². The van der Waals surface area contributed by atoms with Gasteiger partial charge in [-0.3, -0.25) is 0 Å². The summed E-state index contributed by atoms with van der Waals surface area (Å²) in [6, 6.07) is 17.4. The predicted octanol–water partition coefficient (Wildman–Crippen LogP) is 4.73. The molecule has 0 N–H and O–H groups in total. The Balaban J connectivity index is 1.40. The molecule has 0 amide bonds. The summed E-state index contributed by atoms with van der Waals surface area (Å²) in [6.07, 6.45) is 0. The number of hydrogen-bond donors (Lipinski definition) is 0. The molecule has 0 saturated carbocycles. The van der Waals surface area contributed by atoms with Crippen LogP contribution in [0.3, 0.4) is 0 Å². The molecule has 0 spiro atoms. The van der Waals surface area contributed by atoms with Crippen LogP contribution >= 0.6 is 0 Å². The van der Waals surface area contributed by atoms with Crippen LogP contribution in [-0.2, 0) is 27.4 Å². The third-order valence-electron chi connectivity index (χ3n) is 9.32. The first-order chi connectivity index (χ1) is 18.2. The van der Waals surface area contributed by atoms with Crippen molar-refractivity contribution in [2.24, 2.45) is 14.1 Å². The fraction of sp³-hybridized carbons (Fsp3) is 0.312. The number of hydrogen-bond acceptors (Lipinski definition) is 0. The highest BCUT2D eigenvalue weighted by atomic mass is 15.3. The van der Waals surface area contributed by atoms with E-state index in [4.69, 9.17) is 0 Å². The summed E-state index contributed by atoms with van der Waals surface area (Å²) in [4.78, 5) is 0. The lowest BCUT2D eigenvalue weighted by Gasteiger charge is -2.14. The Morgan fingerprint density at radius 1 is 0.526 bits per heavy atom. The van der Waals surface area contributed by atoms with Crippen LogP contribution in [0.2, 0.25) is 0 Å². The molecule has 0 bridgehead atoms. The van der Waals surface area contributed by atoms with E-state index in [1.165, 1.54) is 78.8 Å². The van der Waals surface area contributed by atoms with Gasteiger partial charge in [-0.05, 0) is 52.0 Å². The summed E-state index contributed by atoms with van der Waals surface area (Å²) in [5, 5.41) is 0. The smallest absolute Gasteiger partial charge is 0.220 e. The Labute approximate surface area is 223 Å². The maximum absolute atomic E-state index is 2.52. The highest BCUT2D eigenvalue weighted by Gasteiger charge is 2.44. The molecule has 0 unspecified atom stereocenters. The van der Waals surface area contributed by atoms with Gasteiger partial charge in [-0.25, -0.2) is 9.13 Å². The van der Waals surface area contributed by atoms with Crippen molar-refractivity contribution >= 4 is 44.9 Å². The molecular formula is C32H36N6+4. The minimum atomic E-state index is 0.838. The van der Waals surface area contributed by atoms with Gasteiger partial charge < -0.3 is 0 Å². The maximum Gasteiger partial charge on any atom is 0.355 e. The number of aromatic nitrogens is 4. The van der Waals surface area contributed by atoms with Crippen LogP contribution in [0, 0.1) is 27.7 Å². The lowest BCUT2D eigenvalue weighted by molar-refractivity contribution is -0.647. The molecule has 190 valence electrons. The van der Waals surface area contributed by atoms with Crippen LogP contribution in [0.15, 0.2) is 48.5 Å². The van der Waals surface area contributed by atoms with Crippen molar-refractivity contribution in [2.75, 3.05) is 0 Å². The average Bonchev–Trinajstić information content (AvgIpc) is 3.60. The van der Waals surface area contributed by atoms with Crippen LogP contribution in [-0.4, -0.2) is 29.7 Å². The summed E-state index contributed by atoms with van der Waals surface area (Å²) >= 11 is 0. The van der Waals surface area contributed by atoms with Gasteiger partial charge in [-0.2, -0.15) is 9.13 Å². The first-order valence-corrected chi connectivity index (χ1v) is 13.5. The van der Waals surface area contributed by atoms with E-state index in [0.717, 1.165) is 13.3 Å². The van der Waals surface area contributed by atoms with Crippen molar-refractivity contribution < 1.29 is 18.3 Å². The number of aryl methyl sites for hydroxylation is 2. The summed E-state index contributed by atoms with van der Waals surface area (Å²) in [5.74, 6) is 2.57. The van der Waals surface area contributed by atoms with E-state index >= 15 is 0 Å². The van der Waals surface area contributed by atoms with E-state index in [0.29, 0.717) is 0 Å². The van der Waals surface area contributed by atoms with E-state index in [1.807, 2.05) is 0 Å². The lowest BCUT2D eigenvalue weighted by atomic mass is 9.95. The normalized spacial score (nSPS) is 14.9. The number of benzene rings is 3. The van der Waals surface area contributed by atoms with Gasteiger partial charge in [0.1, 0.15) is 0 Å². The van der Waals surface area contributed by atoms with Gasteiger partial charge in [0.05, 0.1) is 14.1 Å². The number of fused-ring (bicyclic) bond motifs is 6. The summed E-state index contributed by atoms with van der Waals surface area (Å²) in [7, 11) is 4.37. The Hall–Kier alpha value is -4.06. The van der Waals surface area contributed by atoms with Gasteiger partial charge in [0.25, 0.3) is 24.8 Å². The monoisotopic (exact) mass is 504 g/mol. The van der Waals surface area contributed by atoms with Gasteiger partial charge in [-0.15, -0.1) is 9.15 Å².